The fourth-order valence-corrected chi connectivity index (χ4v) is 2.56. The molecule has 7 nitrogen and oxygen atoms in total. The van der Waals surface area contributed by atoms with Gasteiger partial charge in [0.15, 0.2) is 0 Å². The van der Waals surface area contributed by atoms with E-state index < -0.39 is 17.6 Å². The number of carbonyl (C=O) groups is 2. The molecule has 7 heteroatoms. The van der Waals surface area contributed by atoms with Gasteiger partial charge in [0.2, 0.25) is 0 Å². The molecule has 0 spiro atoms. The summed E-state index contributed by atoms with van der Waals surface area (Å²) in [7, 11) is 0. The number of benzene rings is 1. The van der Waals surface area contributed by atoms with E-state index in [1.165, 1.54) is 6.07 Å². The number of ether oxygens (including phenoxy) is 1. The van der Waals surface area contributed by atoms with E-state index in [9.17, 15) is 14.4 Å². The molecular weight excluding hydrogens is 326 g/mol. The van der Waals surface area contributed by atoms with Gasteiger partial charge in [-0.15, -0.1) is 0 Å². The number of fused-ring (bicyclic) bond motifs is 1. The SMILES string of the molecule is CCN(CC)c1ccc2c(COC(=O)CCC(=O)O)cc(=O)oc2c1. The maximum Gasteiger partial charge on any atom is 0.336 e. The number of carboxylic acid groups (broad SMARTS) is 1. The van der Waals surface area contributed by atoms with E-state index >= 15 is 0 Å². The summed E-state index contributed by atoms with van der Waals surface area (Å²) in [5.41, 5.74) is 1.37. The molecule has 0 bridgehead atoms. The largest absolute Gasteiger partial charge is 0.481 e. The van der Waals surface area contributed by atoms with Gasteiger partial charge < -0.3 is 19.2 Å². The molecule has 2 rings (SSSR count). The van der Waals surface area contributed by atoms with E-state index in [-0.39, 0.29) is 19.4 Å². The van der Waals surface area contributed by atoms with E-state index in [0.29, 0.717) is 16.5 Å². The van der Waals surface area contributed by atoms with Crippen LogP contribution < -0.4 is 10.5 Å². The van der Waals surface area contributed by atoms with Gasteiger partial charge in [0.25, 0.3) is 0 Å². The lowest BCUT2D eigenvalue weighted by molar-refractivity contribution is -0.148. The number of hydrogen-bond acceptors (Lipinski definition) is 6. The van der Waals surface area contributed by atoms with Crippen molar-refractivity contribution in [1.82, 2.24) is 0 Å². The van der Waals surface area contributed by atoms with Crippen LogP contribution in [0.15, 0.2) is 33.5 Å². The first-order valence-corrected chi connectivity index (χ1v) is 8.13. The van der Waals surface area contributed by atoms with Crippen LogP contribution in [0.25, 0.3) is 11.0 Å². The highest BCUT2D eigenvalue weighted by molar-refractivity contribution is 5.84. The number of esters is 1. The van der Waals surface area contributed by atoms with Crippen LogP contribution in [0, 0.1) is 0 Å². The lowest BCUT2D eigenvalue weighted by atomic mass is 10.1. The molecule has 134 valence electrons. The van der Waals surface area contributed by atoms with Crippen LogP contribution in [0.2, 0.25) is 0 Å². The Hall–Kier alpha value is -2.83. The Kier molecular flexibility index (Phi) is 6.16. The third-order valence-corrected chi connectivity index (χ3v) is 3.87. The van der Waals surface area contributed by atoms with Gasteiger partial charge in [-0.05, 0) is 26.0 Å². The Bertz CT molecular complexity index is 822. The van der Waals surface area contributed by atoms with Crippen LogP contribution in [0.3, 0.4) is 0 Å². The molecule has 0 amide bonds. The molecule has 1 aromatic carbocycles. The average molecular weight is 347 g/mol. The Morgan fingerprint density at radius 1 is 1.16 bits per heavy atom. The van der Waals surface area contributed by atoms with Gasteiger partial charge in [0.05, 0.1) is 12.8 Å². The molecule has 0 aliphatic carbocycles. The first-order valence-electron chi connectivity index (χ1n) is 8.13. The first kappa shape index (κ1) is 18.5. The van der Waals surface area contributed by atoms with Crippen molar-refractivity contribution >= 4 is 28.6 Å². The number of carbonyl (C=O) groups excluding carboxylic acids is 1. The van der Waals surface area contributed by atoms with E-state index in [2.05, 4.69) is 4.90 Å². The Balaban J connectivity index is 2.24. The summed E-state index contributed by atoms with van der Waals surface area (Å²) in [6, 6.07) is 6.82. The van der Waals surface area contributed by atoms with Crippen LogP contribution in [-0.4, -0.2) is 30.1 Å². The third kappa shape index (κ3) is 4.82. The van der Waals surface area contributed by atoms with Crippen LogP contribution in [-0.2, 0) is 20.9 Å². The number of hydrogen-bond donors (Lipinski definition) is 1. The highest BCUT2D eigenvalue weighted by Gasteiger charge is 2.12. The number of carboxylic acids is 1. The summed E-state index contributed by atoms with van der Waals surface area (Å²) in [5.74, 6) is -1.68. The van der Waals surface area contributed by atoms with E-state index in [0.717, 1.165) is 18.8 Å². The van der Waals surface area contributed by atoms with E-state index in [1.807, 2.05) is 26.0 Å². The van der Waals surface area contributed by atoms with Crippen LogP contribution in [0.5, 0.6) is 0 Å². The molecule has 0 atom stereocenters. The predicted molar refractivity (Wildman–Crippen MR) is 92.7 cm³/mol. The maximum absolute atomic E-state index is 11.8. The second-order valence-corrected chi connectivity index (χ2v) is 5.50. The molecule has 2 aromatic rings. The minimum absolute atomic E-state index is 0.106. The van der Waals surface area contributed by atoms with Crippen molar-refractivity contribution in [3.63, 3.8) is 0 Å². The van der Waals surface area contributed by atoms with Crippen molar-refractivity contribution in [2.45, 2.75) is 33.3 Å². The lowest BCUT2D eigenvalue weighted by Gasteiger charge is -2.21. The monoisotopic (exact) mass is 347 g/mol. The highest BCUT2D eigenvalue weighted by Crippen LogP contribution is 2.24. The van der Waals surface area contributed by atoms with Gasteiger partial charge in [-0.3, -0.25) is 9.59 Å². The molecular formula is C18H21NO6. The van der Waals surface area contributed by atoms with E-state index in [1.54, 1.807) is 6.07 Å². The van der Waals surface area contributed by atoms with Gasteiger partial charge in [0, 0.05) is 41.9 Å². The lowest BCUT2D eigenvalue weighted by Crippen LogP contribution is -2.21. The van der Waals surface area contributed by atoms with Crippen LogP contribution >= 0.6 is 0 Å². The summed E-state index contributed by atoms with van der Waals surface area (Å²) in [6.45, 7) is 5.62. The fraction of sp³-hybridized carbons (Fsp3) is 0.389. The third-order valence-electron chi connectivity index (χ3n) is 3.87. The smallest absolute Gasteiger partial charge is 0.336 e. The van der Waals surface area contributed by atoms with Gasteiger partial charge in [-0.25, -0.2) is 4.79 Å². The van der Waals surface area contributed by atoms with Gasteiger partial charge >= 0.3 is 17.6 Å². The normalized spacial score (nSPS) is 10.6. The van der Waals surface area contributed by atoms with Crippen LogP contribution in [0.1, 0.15) is 32.3 Å². The summed E-state index contributed by atoms with van der Waals surface area (Å²) >= 11 is 0. The second-order valence-electron chi connectivity index (χ2n) is 5.50. The standard InChI is InChI=1S/C18H21NO6/c1-3-19(4-2)13-5-6-14-12(9-18(23)25-15(14)10-13)11-24-17(22)8-7-16(20)21/h5-6,9-10H,3-4,7-8,11H2,1-2H3,(H,20,21). The molecule has 0 saturated carbocycles. The zero-order valence-electron chi connectivity index (χ0n) is 14.3. The van der Waals surface area contributed by atoms with Gasteiger partial charge in [-0.2, -0.15) is 0 Å². The van der Waals surface area contributed by atoms with Crippen molar-refractivity contribution in [1.29, 1.82) is 0 Å². The highest BCUT2D eigenvalue weighted by atomic mass is 16.5. The zero-order valence-corrected chi connectivity index (χ0v) is 14.3. The fourth-order valence-electron chi connectivity index (χ4n) is 2.56. The molecule has 0 unspecified atom stereocenters. The Morgan fingerprint density at radius 3 is 2.52 bits per heavy atom. The quantitative estimate of drug-likeness (QED) is 0.579. The maximum atomic E-state index is 11.8. The molecule has 0 aliphatic heterocycles. The Morgan fingerprint density at radius 2 is 1.88 bits per heavy atom. The summed E-state index contributed by atoms with van der Waals surface area (Å²) < 4.78 is 10.3. The predicted octanol–water partition coefficient (Wildman–Crippen LogP) is 2.55. The number of rotatable bonds is 8. The van der Waals surface area contributed by atoms with Crippen molar-refractivity contribution in [3.05, 3.63) is 40.2 Å². The molecule has 0 aliphatic rings. The van der Waals surface area contributed by atoms with E-state index in [4.69, 9.17) is 14.3 Å². The van der Waals surface area contributed by atoms with Crippen LogP contribution in [0.4, 0.5) is 5.69 Å². The average Bonchev–Trinajstić information content (AvgIpc) is 2.58. The molecule has 0 fully saturated rings. The summed E-state index contributed by atoms with van der Waals surface area (Å²) in [4.78, 5) is 35.9. The van der Waals surface area contributed by atoms with Gasteiger partial charge in [0.1, 0.15) is 12.2 Å². The van der Waals surface area contributed by atoms with Gasteiger partial charge in [-0.1, -0.05) is 0 Å². The zero-order chi connectivity index (χ0) is 18.4. The topological polar surface area (TPSA) is 97.0 Å². The summed E-state index contributed by atoms with van der Waals surface area (Å²) in [5, 5.41) is 9.25. The van der Waals surface area contributed by atoms with Crippen molar-refractivity contribution in [3.8, 4) is 0 Å². The Labute approximate surface area is 144 Å². The molecule has 1 heterocycles. The molecule has 0 saturated heterocycles. The van der Waals surface area contributed by atoms with Crippen molar-refractivity contribution in [2.75, 3.05) is 18.0 Å². The van der Waals surface area contributed by atoms with Crippen molar-refractivity contribution in [2.24, 2.45) is 0 Å². The molecule has 25 heavy (non-hydrogen) atoms. The summed E-state index contributed by atoms with van der Waals surface area (Å²) in [6.07, 6.45) is -0.495. The number of anilines is 1. The second kappa shape index (κ2) is 8.32. The minimum Gasteiger partial charge on any atom is -0.481 e. The molecule has 1 N–H and O–H groups in total. The number of aliphatic carboxylic acids is 1. The molecule has 0 radical (unpaired) electrons. The molecule has 1 aromatic heterocycles. The minimum atomic E-state index is -1.06. The number of nitrogens with zero attached hydrogens (tertiary/aromatic N) is 1. The first-order chi connectivity index (χ1) is 11.9. The van der Waals surface area contributed by atoms with Crippen molar-refractivity contribution < 1.29 is 23.8 Å².